The van der Waals surface area contributed by atoms with Gasteiger partial charge in [0.2, 0.25) is 0 Å². The Morgan fingerprint density at radius 3 is 1.40 bits per heavy atom. The van der Waals surface area contributed by atoms with Crippen molar-refractivity contribution in [2.45, 2.75) is 237 Å². The summed E-state index contributed by atoms with van der Waals surface area (Å²) < 4.78 is 28.1. The summed E-state index contributed by atoms with van der Waals surface area (Å²) >= 11 is 0. The van der Waals surface area contributed by atoms with Gasteiger partial charge in [0.25, 0.3) is 0 Å². The number of hydrogen-bond acceptors (Lipinski definition) is 11. The number of aliphatic hydroxyl groups excluding tert-OH is 2. The summed E-state index contributed by atoms with van der Waals surface area (Å²) in [5.41, 5.74) is 0. The van der Waals surface area contributed by atoms with Crippen molar-refractivity contribution in [1.29, 1.82) is 0 Å². The molecule has 3 N–H and O–H groups in total. The molecule has 0 aromatic carbocycles. The van der Waals surface area contributed by atoms with E-state index in [-0.39, 0.29) is 19.3 Å². The zero-order valence-electron chi connectivity index (χ0n) is 46.2. The third kappa shape index (κ3) is 40.1. The fourth-order valence-corrected chi connectivity index (χ4v) is 7.74. The average molecular weight is 1050 g/mol. The summed E-state index contributed by atoms with van der Waals surface area (Å²) in [4.78, 5) is 50.9. The van der Waals surface area contributed by atoms with Crippen LogP contribution in [0.25, 0.3) is 0 Å². The molecule has 0 saturated carbocycles. The van der Waals surface area contributed by atoms with E-state index in [9.17, 15) is 34.5 Å². The molecule has 0 amide bonds. The molecule has 1 rings (SSSR count). The van der Waals surface area contributed by atoms with Crippen molar-refractivity contribution in [3.63, 3.8) is 0 Å². The molecule has 0 aromatic rings. The van der Waals surface area contributed by atoms with Crippen molar-refractivity contribution in [3.8, 4) is 0 Å². The Morgan fingerprint density at radius 2 is 0.907 bits per heavy atom. The van der Waals surface area contributed by atoms with Crippen LogP contribution in [0.1, 0.15) is 201 Å². The molecule has 0 spiro atoms. The Hall–Kier alpha value is -4.88. The quantitative estimate of drug-likeness (QED) is 0.0228. The fraction of sp³-hybridized carbons (Fsp3) is 0.619. The van der Waals surface area contributed by atoms with Crippen molar-refractivity contribution in [2.24, 2.45) is 0 Å². The van der Waals surface area contributed by atoms with Gasteiger partial charge in [-0.25, -0.2) is 4.79 Å². The minimum absolute atomic E-state index is 0.0157. The summed E-state index contributed by atoms with van der Waals surface area (Å²) in [6, 6.07) is 0. The van der Waals surface area contributed by atoms with Crippen LogP contribution in [0.15, 0.2) is 122 Å². The Labute approximate surface area is 452 Å². The first-order valence-electron chi connectivity index (χ1n) is 28.5. The number of allylic oxidation sites excluding steroid dienone is 19. The van der Waals surface area contributed by atoms with Crippen molar-refractivity contribution < 1.29 is 58.2 Å². The molecule has 1 fully saturated rings. The monoisotopic (exact) mass is 1050 g/mol. The van der Waals surface area contributed by atoms with Crippen molar-refractivity contribution in [2.75, 3.05) is 13.2 Å². The molecule has 1 aliphatic rings. The maximum atomic E-state index is 13.1. The number of aliphatic carboxylic acids is 1. The lowest BCUT2D eigenvalue weighted by Gasteiger charge is -2.40. The number of unbranched alkanes of at least 4 members (excludes halogenated alkanes) is 13. The van der Waals surface area contributed by atoms with Gasteiger partial charge in [-0.1, -0.05) is 206 Å². The van der Waals surface area contributed by atoms with Crippen LogP contribution in [0.2, 0.25) is 0 Å². The average Bonchev–Trinajstić information content (AvgIpc) is 3.39. The lowest BCUT2D eigenvalue weighted by Crippen LogP contribution is -2.61. The summed E-state index contributed by atoms with van der Waals surface area (Å²) in [5.74, 6) is -3.42. The van der Waals surface area contributed by atoms with Gasteiger partial charge in [-0.2, -0.15) is 0 Å². The molecular formula is C63H98O12. The molecule has 422 valence electrons. The van der Waals surface area contributed by atoms with Gasteiger partial charge >= 0.3 is 23.9 Å². The molecule has 75 heavy (non-hydrogen) atoms. The highest BCUT2D eigenvalue weighted by Crippen LogP contribution is 2.26. The molecule has 1 saturated heterocycles. The highest BCUT2D eigenvalue weighted by atomic mass is 16.7. The number of aliphatic hydroxyl groups is 2. The number of carbonyl (C=O) groups is 4. The van der Waals surface area contributed by atoms with Gasteiger partial charge in [0, 0.05) is 12.8 Å². The lowest BCUT2D eigenvalue weighted by atomic mass is 9.98. The second-order valence-electron chi connectivity index (χ2n) is 18.8. The molecule has 0 bridgehead atoms. The molecule has 6 atom stereocenters. The van der Waals surface area contributed by atoms with Gasteiger partial charge in [0.15, 0.2) is 24.6 Å². The number of carboxylic acids is 1. The van der Waals surface area contributed by atoms with Gasteiger partial charge in [0.05, 0.1) is 13.0 Å². The van der Waals surface area contributed by atoms with Gasteiger partial charge in [-0.05, 0) is 96.3 Å². The first-order chi connectivity index (χ1) is 36.6. The highest BCUT2D eigenvalue weighted by molar-refractivity contribution is 5.74. The Morgan fingerprint density at radius 1 is 0.467 bits per heavy atom. The van der Waals surface area contributed by atoms with E-state index in [0.717, 1.165) is 96.3 Å². The second kappa shape index (κ2) is 50.0. The van der Waals surface area contributed by atoms with Crippen LogP contribution in [-0.2, 0) is 42.9 Å². The normalized spacial score (nSPS) is 19.1. The zero-order valence-corrected chi connectivity index (χ0v) is 46.2. The Bertz CT molecular complexity index is 1770. The first-order valence-corrected chi connectivity index (χ1v) is 28.5. The van der Waals surface area contributed by atoms with Crippen LogP contribution in [0.5, 0.6) is 0 Å². The molecule has 0 radical (unpaired) electrons. The third-order valence-electron chi connectivity index (χ3n) is 12.1. The van der Waals surface area contributed by atoms with Crippen LogP contribution in [0.3, 0.4) is 0 Å². The maximum absolute atomic E-state index is 13.1. The molecule has 0 aliphatic carbocycles. The van der Waals surface area contributed by atoms with Gasteiger partial charge in [-0.15, -0.1) is 0 Å². The van der Waals surface area contributed by atoms with E-state index in [1.807, 2.05) is 36.5 Å². The number of carboxylic acid groups (broad SMARTS) is 1. The van der Waals surface area contributed by atoms with Crippen molar-refractivity contribution >= 4 is 23.9 Å². The number of ether oxygens (including phenoxy) is 5. The van der Waals surface area contributed by atoms with Gasteiger partial charge in [0.1, 0.15) is 18.8 Å². The standard InChI is InChI=1S/C63H98O12/c1-4-7-10-13-16-19-22-25-27-28-30-33-36-39-42-45-48-51-57(66)74-61-59(68)58(67)60(62(69)70)75-63(61)72-53-54(73-56(65)50-47-44-41-38-35-31-24-21-18-15-12-9-6-3)52-71-55(64)49-46-43-40-37-34-32-29-26-23-20-17-14-11-8-5-2/h8-9,11-12,17-18,20-21,25-27,29,31,34-35,37,41,43-44,46,54,58-61,63,67-68H,4-7,10,13-16,19,22-24,28,30,32-33,36,38-40,42,45,47-53H2,1-3H3,(H,69,70)/b11-8-,12-9-,20-17-,21-18-,27-25-,29-26-,35-31-,37-34-,44-41-,46-43-. The topological polar surface area (TPSA) is 175 Å². The first kappa shape index (κ1) is 68.1. The summed E-state index contributed by atoms with van der Waals surface area (Å²) in [7, 11) is 0. The third-order valence-corrected chi connectivity index (χ3v) is 12.1. The molecule has 12 heteroatoms. The summed E-state index contributed by atoms with van der Waals surface area (Å²) in [5, 5.41) is 31.4. The van der Waals surface area contributed by atoms with E-state index >= 15 is 0 Å². The molecule has 6 unspecified atom stereocenters. The zero-order chi connectivity index (χ0) is 54.7. The van der Waals surface area contributed by atoms with Gasteiger partial charge < -0.3 is 39.0 Å². The van der Waals surface area contributed by atoms with E-state index in [1.54, 1.807) is 6.08 Å². The Balaban J connectivity index is 2.79. The minimum Gasteiger partial charge on any atom is -0.479 e. The smallest absolute Gasteiger partial charge is 0.335 e. The molecule has 12 nitrogen and oxygen atoms in total. The van der Waals surface area contributed by atoms with E-state index in [4.69, 9.17) is 23.7 Å². The number of rotatable bonds is 46. The van der Waals surface area contributed by atoms with Crippen molar-refractivity contribution in [1.82, 2.24) is 0 Å². The van der Waals surface area contributed by atoms with E-state index in [2.05, 4.69) is 99.8 Å². The van der Waals surface area contributed by atoms with Gasteiger partial charge in [-0.3, -0.25) is 14.4 Å². The number of hydrogen-bond donors (Lipinski definition) is 3. The second-order valence-corrected chi connectivity index (χ2v) is 18.8. The predicted molar refractivity (Wildman–Crippen MR) is 303 cm³/mol. The number of carbonyl (C=O) groups excluding carboxylic acids is 3. The van der Waals surface area contributed by atoms with Crippen molar-refractivity contribution in [3.05, 3.63) is 122 Å². The summed E-state index contributed by atoms with van der Waals surface area (Å²) in [6.07, 6.45) is 56.5. The van der Waals surface area contributed by atoms with E-state index in [1.165, 1.54) is 38.5 Å². The molecule has 0 aromatic heterocycles. The Kier molecular flexibility index (Phi) is 45.4. The fourth-order valence-electron chi connectivity index (χ4n) is 7.74. The van der Waals surface area contributed by atoms with Crippen LogP contribution >= 0.6 is 0 Å². The van der Waals surface area contributed by atoms with Crippen LogP contribution in [0.4, 0.5) is 0 Å². The SMILES string of the molecule is CC/C=C\C/C=C\C/C=C\C/C=C\C/C=C\CC(=O)OCC(COC1OC(C(=O)O)C(O)C(O)C1OC(=O)CCCCCCCCC/C=C\CCCCCCCC)OC(=O)CC/C=C\C/C=C\C/C=C\C/C=C\CC. The summed E-state index contributed by atoms with van der Waals surface area (Å²) in [6.45, 7) is 5.58. The number of esters is 3. The lowest BCUT2D eigenvalue weighted by molar-refractivity contribution is -0.301. The molecule has 1 aliphatic heterocycles. The van der Waals surface area contributed by atoms with Crippen LogP contribution in [-0.4, -0.2) is 89.2 Å². The largest absolute Gasteiger partial charge is 0.479 e. The van der Waals surface area contributed by atoms with Crippen LogP contribution in [0, 0.1) is 0 Å². The minimum atomic E-state index is -1.93. The van der Waals surface area contributed by atoms with Crippen LogP contribution < -0.4 is 0 Å². The maximum Gasteiger partial charge on any atom is 0.335 e. The molecule has 1 heterocycles. The van der Waals surface area contributed by atoms with E-state index in [0.29, 0.717) is 25.7 Å². The molecular weight excluding hydrogens is 949 g/mol. The predicted octanol–water partition coefficient (Wildman–Crippen LogP) is 14.4. The van der Waals surface area contributed by atoms with E-state index < -0.39 is 73.9 Å². The highest BCUT2D eigenvalue weighted by Gasteiger charge is 2.50.